The van der Waals surface area contributed by atoms with Gasteiger partial charge in [0.1, 0.15) is 0 Å². The number of ether oxygens (including phenoxy) is 1. The molecule has 3 nitrogen and oxygen atoms in total. The number of rotatable bonds is 6. The van der Waals surface area contributed by atoms with Gasteiger partial charge in [-0.1, -0.05) is 6.92 Å². The van der Waals surface area contributed by atoms with E-state index in [0.717, 1.165) is 25.7 Å². The van der Waals surface area contributed by atoms with E-state index in [2.05, 4.69) is 17.1 Å². The summed E-state index contributed by atoms with van der Waals surface area (Å²) in [5.41, 5.74) is 0. The maximum atomic E-state index is 5.12. The largest absolute Gasteiger partial charge is 0.383 e. The molecule has 1 aliphatic heterocycles. The van der Waals surface area contributed by atoms with Gasteiger partial charge in [-0.3, -0.25) is 4.90 Å². The lowest BCUT2D eigenvalue weighted by molar-refractivity contribution is 0.124. The molecular formula is C10H22N2O. The lowest BCUT2D eigenvalue weighted by Crippen LogP contribution is -2.39. The van der Waals surface area contributed by atoms with Crippen LogP contribution in [0.5, 0.6) is 0 Å². The Labute approximate surface area is 81.4 Å². The van der Waals surface area contributed by atoms with Gasteiger partial charge in [-0.2, -0.15) is 0 Å². The van der Waals surface area contributed by atoms with Gasteiger partial charge in [-0.15, -0.1) is 0 Å². The second kappa shape index (κ2) is 6.35. The number of hydrogen-bond donors (Lipinski definition) is 1. The summed E-state index contributed by atoms with van der Waals surface area (Å²) < 4.78 is 5.12. The van der Waals surface area contributed by atoms with Crippen LogP contribution in [0.3, 0.4) is 0 Å². The summed E-state index contributed by atoms with van der Waals surface area (Å²) in [5.74, 6) is 0. The summed E-state index contributed by atoms with van der Waals surface area (Å²) in [6, 6.07) is 0.745. The Morgan fingerprint density at radius 3 is 2.85 bits per heavy atom. The van der Waals surface area contributed by atoms with Crippen LogP contribution in [0.1, 0.15) is 19.8 Å². The second-order valence-corrected chi connectivity index (χ2v) is 3.68. The number of hydrogen-bond acceptors (Lipinski definition) is 3. The van der Waals surface area contributed by atoms with Crippen molar-refractivity contribution in [3.8, 4) is 0 Å². The minimum absolute atomic E-state index is 0.745. The van der Waals surface area contributed by atoms with E-state index in [4.69, 9.17) is 4.74 Å². The Balaban J connectivity index is 2.26. The molecule has 0 aromatic rings. The molecule has 3 heteroatoms. The molecule has 1 saturated heterocycles. The van der Waals surface area contributed by atoms with Crippen LogP contribution in [0.4, 0.5) is 0 Å². The van der Waals surface area contributed by atoms with Gasteiger partial charge in [0.05, 0.1) is 6.61 Å². The molecule has 1 unspecified atom stereocenters. The van der Waals surface area contributed by atoms with Gasteiger partial charge in [-0.25, -0.2) is 0 Å². The molecule has 0 saturated carbocycles. The molecule has 13 heavy (non-hydrogen) atoms. The van der Waals surface area contributed by atoms with Gasteiger partial charge in [0.15, 0.2) is 0 Å². The van der Waals surface area contributed by atoms with Crippen LogP contribution in [0.2, 0.25) is 0 Å². The molecule has 0 aromatic carbocycles. The molecule has 0 spiro atoms. The Hall–Kier alpha value is -0.120. The molecule has 78 valence electrons. The fourth-order valence-corrected chi connectivity index (χ4v) is 1.92. The summed E-state index contributed by atoms with van der Waals surface area (Å²) in [7, 11) is 1.77. The van der Waals surface area contributed by atoms with Gasteiger partial charge >= 0.3 is 0 Å². The Bertz CT molecular complexity index is 124. The van der Waals surface area contributed by atoms with Crippen LogP contribution in [0.15, 0.2) is 0 Å². The third-order valence-corrected chi connectivity index (χ3v) is 2.64. The third-order valence-electron chi connectivity index (χ3n) is 2.64. The molecule has 0 amide bonds. The van der Waals surface area contributed by atoms with Crippen molar-refractivity contribution < 1.29 is 4.74 Å². The quantitative estimate of drug-likeness (QED) is 0.661. The van der Waals surface area contributed by atoms with E-state index in [1.807, 2.05) is 0 Å². The van der Waals surface area contributed by atoms with Crippen molar-refractivity contribution in [3.63, 3.8) is 0 Å². The van der Waals surface area contributed by atoms with Gasteiger partial charge in [0, 0.05) is 26.2 Å². The molecule has 1 atom stereocenters. The number of nitrogens with zero attached hydrogens (tertiary/aromatic N) is 1. The van der Waals surface area contributed by atoms with E-state index in [-0.39, 0.29) is 0 Å². The smallest absolute Gasteiger partial charge is 0.0589 e. The fourth-order valence-electron chi connectivity index (χ4n) is 1.92. The van der Waals surface area contributed by atoms with E-state index >= 15 is 0 Å². The normalized spacial score (nSPS) is 22.8. The molecule has 0 aromatic heterocycles. The highest BCUT2D eigenvalue weighted by atomic mass is 16.5. The first-order chi connectivity index (χ1) is 6.38. The highest BCUT2D eigenvalue weighted by Gasteiger charge is 2.20. The fraction of sp³-hybridized carbons (Fsp3) is 1.00. The topological polar surface area (TPSA) is 24.5 Å². The zero-order valence-electron chi connectivity index (χ0n) is 8.88. The first-order valence-electron chi connectivity index (χ1n) is 5.32. The Morgan fingerprint density at radius 2 is 2.31 bits per heavy atom. The van der Waals surface area contributed by atoms with Crippen LogP contribution in [0, 0.1) is 0 Å². The van der Waals surface area contributed by atoms with Crippen molar-refractivity contribution in [2.75, 3.05) is 39.9 Å². The molecular weight excluding hydrogens is 164 g/mol. The Morgan fingerprint density at radius 1 is 1.46 bits per heavy atom. The molecule has 1 heterocycles. The highest BCUT2D eigenvalue weighted by molar-refractivity contribution is 4.80. The van der Waals surface area contributed by atoms with E-state index in [9.17, 15) is 0 Å². The molecule has 1 aliphatic rings. The van der Waals surface area contributed by atoms with E-state index in [1.54, 1.807) is 7.11 Å². The molecule has 1 rings (SSSR count). The lowest BCUT2D eigenvalue weighted by Gasteiger charge is -2.27. The summed E-state index contributed by atoms with van der Waals surface area (Å²) in [4.78, 5) is 2.55. The lowest BCUT2D eigenvalue weighted by atomic mass is 10.2. The Kier molecular flexibility index (Phi) is 5.35. The van der Waals surface area contributed by atoms with Crippen molar-refractivity contribution in [1.82, 2.24) is 10.2 Å². The van der Waals surface area contributed by atoms with E-state index in [0.29, 0.717) is 0 Å². The molecule has 0 radical (unpaired) electrons. The summed E-state index contributed by atoms with van der Waals surface area (Å²) in [5, 5.41) is 3.41. The average Bonchev–Trinajstić information content (AvgIpc) is 2.65. The predicted octanol–water partition coefficient (Wildman–Crippen LogP) is 0.707. The first kappa shape index (κ1) is 11.0. The zero-order chi connectivity index (χ0) is 9.52. The molecule has 1 N–H and O–H groups in total. The van der Waals surface area contributed by atoms with Crippen molar-refractivity contribution in [3.05, 3.63) is 0 Å². The number of methoxy groups -OCH3 is 1. The zero-order valence-corrected chi connectivity index (χ0v) is 8.88. The first-order valence-corrected chi connectivity index (χ1v) is 5.32. The predicted molar refractivity (Wildman–Crippen MR) is 55.0 cm³/mol. The highest BCUT2D eigenvalue weighted by Crippen LogP contribution is 2.08. The second-order valence-electron chi connectivity index (χ2n) is 3.68. The van der Waals surface area contributed by atoms with Gasteiger partial charge in [0.2, 0.25) is 0 Å². The maximum Gasteiger partial charge on any atom is 0.0589 e. The van der Waals surface area contributed by atoms with Crippen LogP contribution < -0.4 is 5.32 Å². The third kappa shape index (κ3) is 3.63. The molecule has 0 aliphatic carbocycles. The van der Waals surface area contributed by atoms with Crippen LogP contribution in [-0.2, 0) is 4.74 Å². The van der Waals surface area contributed by atoms with Gasteiger partial charge in [0.25, 0.3) is 0 Å². The van der Waals surface area contributed by atoms with Crippen molar-refractivity contribution in [2.45, 2.75) is 25.8 Å². The van der Waals surface area contributed by atoms with E-state index in [1.165, 1.54) is 25.9 Å². The SMILES string of the molecule is CCCN(CCOC)C1CCNC1. The molecule has 0 bridgehead atoms. The summed E-state index contributed by atoms with van der Waals surface area (Å²) in [6.07, 6.45) is 2.53. The minimum Gasteiger partial charge on any atom is -0.383 e. The van der Waals surface area contributed by atoms with Crippen molar-refractivity contribution in [2.24, 2.45) is 0 Å². The monoisotopic (exact) mass is 186 g/mol. The van der Waals surface area contributed by atoms with Gasteiger partial charge in [-0.05, 0) is 25.9 Å². The number of nitrogens with one attached hydrogen (secondary N) is 1. The maximum absolute atomic E-state index is 5.12. The van der Waals surface area contributed by atoms with Crippen LogP contribution in [0.25, 0.3) is 0 Å². The summed E-state index contributed by atoms with van der Waals surface area (Å²) in [6.45, 7) is 7.71. The summed E-state index contributed by atoms with van der Waals surface area (Å²) >= 11 is 0. The van der Waals surface area contributed by atoms with E-state index < -0.39 is 0 Å². The van der Waals surface area contributed by atoms with Crippen molar-refractivity contribution >= 4 is 0 Å². The van der Waals surface area contributed by atoms with Crippen LogP contribution >= 0.6 is 0 Å². The van der Waals surface area contributed by atoms with Crippen molar-refractivity contribution in [1.29, 1.82) is 0 Å². The average molecular weight is 186 g/mol. The van der Waals surface area contributed by atoms with Gasteiger partial charge < -0.3 is 10.1 Å². The molecule has 1 fully saturated rings. The van der Waals surface area contributed by atoms with Crippen LogP contribution in [-0.4, -0.2) is 50.8 Å². The minimum atomic E-state index is 0.745. The standard InChI is InChI=1S/C10H22N2O/c1-3-6-12(7-8-13-2)10-4-5-11-9-10/h10-11H,3-9H2,1-2H3.